The van der Waals surface area contributed by atoms with Crippen LogP contribution in [0.3, 0.4) is 0 Å². The van der Waals surface area contributed by atoms with Crippen molar-refractivity contribution in [3.05, 3.63) is 35.9 Å². The molecule has 108 valence electrons. The number of nitrogens with one attached hydrogen (secondary N) is 2. The summed E-state index contributed by atoms with van der Waals surface area (Å²) in [7, 11) is 0. The Hall–Kier alpha value is -2.77. The molecular weight excluding hydrogens is 277 g/mol. The van der Waals surface area contributed by atoms with Crippen LogP contribution in [0.2, 0.25) is 0 Å². The van der Waals surface area contributed by atoms with Crippen molar-refractivity contribution in [3.63, 3.8) is 0 Å². The van der Waals surface area contributed by atoms with Crippen LogP contribution >= 0.6 is 0 Å². The van der Waals surface area contributed by atoms with Gasteiger partial charge in [0.05, 0.1) is 6.42 Å². The zero-order chi connectivity index (χ0) is 15.0. The number of rotatable bonds is 2. The third-order valence-electron chi connectivity index (χ3n) is 3.08. The normalized spacial score (nSPS) is 17.0. The predicted molar refractivity (Wildman–Crippen MR) is 72.1 cm³/mol. The minimum absolute atomic E-state index is 0.0250. The van der Waals surface area contributed by atoms with E-state index in [9.17, 15) is 14.0 Å². The Balaban J connectivity index is 1.84. The number of aryl methyl sites for hydroxylation is 1. The highest BCUT2D eigenvalue weighted by molar-refractivity contribution is 6.00. The fourth-order valence-electron chi connectivity index (χ4n) is 2.13. The Labute approximate surface area is 119 Å². The van der Waals surface area contributed by atoms with Crippen LogP contribution in [-0.2, 0) is 9.59 Å². The van der Waals surface area contributed by atoms with Crippen LogP contribution in [0.4, 0.5) is 16.0 Å². The lowest BCUT2D eigenvalue weighted by atomic mass is 10.1. The largest absolute Gasteiger partial charge is 0.324 e. The van der Waals surface area contributed by atoms with Crippen molar-refractivity contribution >= 4 is 23.5 Å². The number of fused-ring (bicyclic) bond motifs is 1. The number of carbonyl (C=O) groups is 2. The van der Waals surface area contributed by atoms with Crippen molar-refractivity contribution < 1.29 is 14.0 Å². The molecule has 1 aromatic carbocycles. The molecule has 0 unspecified atom stereocenters. The second-order valence-electron chi connectivity index (χ2n) is 4.69. The zero-order valence-corrected chi connectivity index (χ0v) is 11.1. The molecule has 1 aromatic heterocycles. The molecule has 0 radical (unpaired) electrons. The third kappa shape index (κ3) is 2.60. The van der Waals surface area contributed by atoms with Crippen LogP contribution in [0.15, 0.2) is 24.3 Å². The monoisotopic (exact) mass is 289 g/mol. The highest BCUT2D eigenvalue weighted by atomic mass is 19.1. The molecule has 1 atom stereocenters. The van der Waals surface area contributed by atoms with Gasteiger partial charge in [-0.3, -0.25) is 14.9 Å². The van der Waals surface area contributed by atoms with Gasteiger partial charge in [-0.15, -0.1) is 0 Å². The standard InChI is InChI=1S/C13H12FN5O2/c1-7-15-13-17-11(20)6-10(19(13)18-7)12(21)16-9-4-2-8(14)3-5-9/h2-5,10H,6H2,1H3,(H,16,21)(H,15,17,18,20)/t10-/m0/s1. The molecule has 0 spiro atoms. The van der Waals surface area contributed by atoms with Crippen LogP contribution in [0.5, 0.6) is 0 Å². The smallest absolute Gasteiger partial charge is 0.249 e. The lowest BCUT2D eigenvalue weighted by molar-refractivity contribution is -0.125. The topological polar surface area (TPSA) is 88.9 Å². The Kier molecular flexibility index (Phi) is 3.13. The van der Waals surface area contributed by atoms with Gasteiger partial charge in [0.25, 0.3) is 0 Å². The summed E-state index contributed by atoms with van der Waals surface area (Å²) in [5.41, 5.74) is 0.450. The zero-order valence-electron chi connectivity index (χ0n) is 11.1. The summed E-state index contributed by atoms with van der Waals surface area (Å²) in [5.74, 6) is -0.370. The summed E-state index contributed by atoms with van der Waals surface area (Å²) in [6.45, 7) is 1.67. The first kappa shape index (κ1) is 13.2. The maximum atomic E-state index is 12.8. The van der Waals surface area contributed by atoms with E-state index in [2.05, 4.69) is 20.7 Å². The number of hydrogen-bond acceptors (Lipinski definition) is 4. The summed E-state index contributed by atoms with van der Waals surface area (Å²) in [6.07, 6.45) is -0.0250. The molecule has 0 fully saturated rings. The number of amides is 2. The Morgan fingerprint density at radius 2 is 2.14 bits per heavy atom. The quantitative estimate of drug-likeness (QED) is 0.870. The molecule has 2 N–H and O–H groups in total. The van der Waals surface area contributed by atoms with E-state index in [-0.39, 0.29) is 24.1 Å². The first-order valence-electron chi connectivity index (χ1n) is 6.32. The maximum Gasteiger partial charge on any atom is 0.249 e. The van der Waals surface area contributed by atoms with Gasteiger partial charge in [0.2, 0.25) is 17.8 Å². The summed E-state index contributed by atoms with van der Waals surface area (Å²) in [4.78, 5) is 28.0. The Bertz CT molecular complexity index is 710. The van der Waals surface area contributed by atoms with E-state index in [4.69, 9.17) is 0 Å². The van der Waals surface area contributed by atoms with Gasteiger partial charge < -0.3 is 5.32 Å². The van der Waals surface area contributed by atoms with Crippen molar-refractivity contribution in [3.8, 4) is 0 Å². The molecule has 7 nitrogen and oxygen atoms in total. The molecule has 2 amide bonds. The van der Waals surface area contributed by atoms with Gasteiger partial charge >= 0.3 is 0 Å². The second-order valence-corrected chi connectivity index (χ2v) is 4.69. The van der Waals surface area contributed by atoms with Crippen molar-refractivity contribution in [2.75, 3.05) is 10.6 Å². The maximum absolute atomic E-state index is 12.8. The molecule has 0 bridgehead atoms. The Morgan fingerprint density at radius 3 is 2.86 bits per heavy atom. The number of aromatic nitrogens is 3. The summed E-state index contributed by atoms with van der Waals surface area (Å²) in [5, 5.41) is 9.31. The highest BCUT2D eigenvalue weighted by Crippen LogP contribution is 2.24. The van der Waals surface area contributed by atoms with E-state index in [1.807, 2.05) is 0 Å². The molecule has 1 aliphatic rings. The summed E-state index contributed by atoms with van der Waals surface area (Å²) >= 11 is 0. The minimum atomic E-state index is -0.778. The average Bonchev–Trinajstić information content (AvgIpc) is 2.80. The van der Waals surface area contributed by atoms with E-state index >= 15 is 0 Å². The fourth-order valence-corrected chi connectivity index (χ4v) is 2.13. The Morgan fingerprint density at radius 1 is 1.43 bits per heavy atom. The predicted octanol–water partition coefficient (Wildman–Crippen LogP) is 1.25. The number of nitrogens with zero attached hydrogens (tertiary/aromatic N) is 3. The van der Waals surface area contributed by atoms with Gasteiger partial charge in [-0.25, -0.2) is 9.07 Å². The van der Waals surface area contributed by atoms with Crippen LogP contribution in [0.25, 0.3) is 0 Å². The van der Waals surface area contributed by atoms with Crippen molar-refractivity contribution in [1.29, 1.82) is 0 Å². The summed E-state index contributed by atoms with van der Waals surface area (Å²) in [6, 6.07) is 4.61. The summed E-state index contributed by atoms with van der Waals surface area (Å²) < 4.78 is 14.2. The van der Waals surface area contributed by atoms with Gasteiger partial charge in [-0.05, 0) is 31.2 Å². The minimum Gasteiger partial charge on any atom is -0.324 e. The van der Waals surface area contributed by atoms with Crippen molar-refractivity contribution in [2.24, 2.45) is 0 Å². The number of anilines is 2. The van der Waals surface area contributed by atoms with Crippen LogP contribution in [-0.4, -0.2) is 26.6 Å². The fraction of sp³-hybridized carbons (Fsp3) is 0.231. The van der Waals surface area contributed by atoms with Crippen LogP contribution in [0.1, 0.15) is 18.3 Å². The van der Waals surface area contributed by atoms with Crippen LogP contribution < -0.4 is 10.6 Å². The average molecular weight is 289 g/mol. The SMILES string of the molecule is Cc1nc2n(n1)[C@H](C(=O)Nc1ccc(F)cc1)CC(=O)N2. The van der Waals surface area contributed by atoms with E-state index < -0.39 is 11.9 Å². The van der Waals surface area contributed by atoms with Crippen molar-refractivity contribution in [1.82, 2.24) is 14.8 Å². The first-order valence-corrected chi connectivity index (χ1v) is 6.32. The molecular formula is C13H12FN5O2. The van der Waals surface area contributed by atoms with E-state index in [1.54, 1.807) is 6.92 Å². The molecule has 1 aliphatic heterocycles. The lowest BCUT2D eigenvalue weighted by Gasteiger charge is -2.22. The molecule has 0 saturated heterocycles. The number of hydrogen-bond donors (Lipinski definition) is 2. The molecule has 2 heterocycles. The molecule has 0 aliphatic carbocycles. The third-order valence-corrected chi connectivity index (χ3v) is 3.08. The van der Waals surface area contributed by atoms with Crippen LogP contribution in [0, 0.1) is 12.7 Å². The second kappa shape index (κ2) is 4.97. The number of carbonyl (C=O) groups excluding carboxylic acids is 2. The van der Waals surface area contributed by atoms with E-state index in [0.717, 1.165) is 0 Å². The molecule has 3 rings (SSSR count). The van der Waals surface area contributed by atoms with E-state index in [1.165, 1.54) is 28.9 Å². The number of benzene rings is 1. The highest BCUT2D eigenvalue weighted by Gasteiger charge is 2.32. The first-order chi connectivity index (χ1) is 10.0. The molecule has 21 heavy (non-hydrogen) atoms. The molecule has 2 aromatic rings. The molecule has 0 saturated carbocycles. The van der Waals surface area contributed by atoms with Crippen molar-refractivity contribution in [2.45, 2.75) is 19.4 Å². The van der Waals surface area contributed by atoms with E-state index in [0.29, 0.717) is 11.5 Å². The van der Waals surface area contributed by atoms with Gasteiger partial charge in [0.15, 0.2) is 0 Å². The van der Waals surface area contributed by atoms with Gasteiger partial charge in [-0.1, -0.05) is 0 Å². The lowest BCUT2D eigenvalue weighted by Crippen LogP contribution is -2.36. The number of halogens is 1. The van der Waals surface area contributed by atoms with Gasteiger partial charge in [0.1, 0.15) is 17.7 Å². The van der Waals surface area contributed by atoms with Gasteiger partial charge in [-0.2, -0.15) is 10.1 Å². The molecule has 8 heteroatoms. The van der Waals surface area contributed by atoms with Gasteiger partial charge in [0, 0.05) is 5.69 Å².